The van der Waals surface area contributed by atoms with Gasteiger partial charge in [-0.2, -0.15) is 0 Å². The molecule has 0 saturated heterocycles. The molecule has 0 aromatic heterocycles. The molecule has 19 heavy (non-hydrogen) atoms. The molecule has 0 bridgehead atoms. The number of carbonyl (C=O) groups excluding carboxylic acids is 1. The summed E-state index contributed by atoms with van der Waals surface area (Å²) in [6, 6.07) is 10.5. The highest BCUT2D eigenvalue weighted by Gasteiger charge is 2.25. The fourth-order valence-corrected chi connectivity index (χ4v) is 3.02. The maximum Gasteiger partial charge on any atom is 0.294 e. The first kappa shape index (κ1) is 11.7. The second kappa shape index (κ2) is 4.40. The summed E-state index contributed by atoms with van der Waals surface area (Å²) in [5, 5.41) is 14.2. The number of nitro benzene ring substituents is 1. The van der Waals surface area contributed by atoms with Gasteiger partial charge in [0.1, 0.15) is 12.0 Å². The Balaban J connectivity index is 2.19. The molecule has 3 rings (SSSR count). The van der Waals surface area contributed by atoms with Crippen LogP contribution in [0.4, 0.5) is 17.1 Å². The number of benzene rings is 2. The molecule has 2 aromatic carbocycles. The van der Waals surface area contributed by atoms with E-state index in [1.807, 2.05) is 24.3 Å². The summed E-state index contributed by atoms with van der Waals surface area (Å²) in [6.07, 6.45) is 0.619. The van der Waals surface area contributed by atoms with Crippen molar-refractivity contribution in [1.29, 1.82) is 0 Å². The Morgan fingerprint density at radius 3 is 2.74 bits per heavy atom. The number of nitrogens with zero attached hydrogens (tertiary/aromatic N) is 1. The quantitative estimate of drug-likeness (QED) is 0.438. The smallest absolute Gasteiger partial charge is 0.294 e. The lowest BCUT2D eigenvalue weighted by atomic mass is 10.1. The number of hydrogen-bond donors (Lipinski definition) is 1. The van der Waals surface area contributed by atoms with E-state index < -0.39 is 4.92 Å². The predicted molar refractivity (Wildman–Crippen MR) is 72.3 cm³/mol. The summed E-state index contributed by atoms with van der Waals surface area (Å²) in [7, 11) is 0. The molecule has 1 aliphatic rings. The van der Waals surface area contributed by atoms with Crippen molar-refractivity contribution in [3.05, 3.63) is 52.1 Å². The topological polar surface area (TPSA) is 72.2 Å². The van der Waals surface area contributed by atoms with Crippen LogP contribution in [-0.2, 0) is 0 Å². The van der Waals surface area contributed by atoms with Crippen LogP contribution in [0.5, 0.6) is 0 Å². The van der Waals surface area contributed by atoms with Crippen molar-refractivity contribution in [2.24, 2.45) is 0 Å². The Labute approximate surface area is 112 Å². The molecule has 0 aliphatic carbocycles. The van der Waals surface area contributed by atoms with Crippen molar-refractivity contribution in [3.63, 3.8) is 0 Å². The van der Waals surface area contributed by atoms with Gasteiger partial charge < -0.3 is 5.32 Å². The molecule has 1 aliphatic heterocycles. The number of hydrogen-bond acceptors (Lipinski definition) is 5. The molecule has 0 amide bonds. The summed E-state index contributed by atoms with van der Waals surface area (Å²) in [5.41, 5.74) is 1.50. The fraction of sp³-hybridized carbons (Fsp3) is 0. The summed E-state index contributed by atoms with van der Waals surface area (Å²) >= 11 is 1.42. The van der Waals surface area contributed by atoms with Crippen LogP contribution in [0.25, 0.3) is 0 Å². The number of aldehydes is 1. The van der Waals surface area contributed by atoms with E-state index in [2.05, 4.69) is 5.32 Å². The van der Waals surface area contributed by atoms with Crippen LogP contribution in [0.15, 0.2) is 46.2 Å². The van der Waals surface area contributed by atoms with Crippen molar-refractivity contribution in [2.75, 3.05) is 5.32 Å². The molecule has 0 spiro atoms. The summed E-state index contributed by atoms with van der Waals surface area (Å²) in [4.78, 5) is 23.1. The molecule has 1 heterocycles. The third kappa shape index (κ3) is 1.96. The van der Waals surface area contributed by atoms with Crippen LogP contribution >= 0.6 is 11.8 Å². The first-order valence-corrected chi connectivity index (χ1v) is 6.32. The van der Waals surface area contributed by atoms with Crippen LogP contribution in [0.3, 0.4) is 0 Å². The lowest BCUT2D eigenvalue weighted by Gasteiger charge is -2.20. The summed E-state index contributed by atoms with van der Waals surface area (Å²) in [6.45, 7) is 0. The van der Waals surface area contributed by atoms with Gasteiger partial charge in [-0.3, -0.25) is 14.9 Å². The first-order valence-electron chi connectivity index (χ1n) is 5.50. The standard InChI is InChI=1S/C13H8N2O3S/c16-7-8-5-10(15(17)18)13-12(6-8)19-11-4-2-1-3-9(11)14-13/h1-7,14H. The predicted octanol–water partition coefficient (Wildman–Crippen LogP) is 3.62. The third-order valence-corrected chi connectivity index (χ3v) is 3.92. The van der Waals surface area contributed by atoms with E-state index in [0.717, 1.165) is 10.6 Å². The summed E-state index contributed by atoms with van der Waals surface area (Å²) < 4.78 is 0. The number of nitrogens with one attached hydrogen (secondary N) is 1. The maximum absolute atomic E-state index is 11.1. The normalized spacial score (nSPS) is 12.0. The zero-order valence-electron chi connectivity index (χ0n) is 9.62. The van der Waals surface area contributed by atoms with Crippen molar-refractivity contribution in [2.45, 2.75) is 9.79 Å². The van der Waals surface area contributed by atoms with E-state index in [0.29, 0.717) is 22.4 Å². The minimum Gasteiger partial charge on any atom is -0.348 e. The number of fused-ring (bicyclic) bond motifs is 2. The largest absolute Gasteiger partial charge is 0.348 e. The lowest BCUT2D eigenvalue weighted by Crippen LogP contribution is -2.04. The average molecular weight is 272 g/mol. The molecule has 5 nitrogen and oxygen atoms in total. The van der Waals surface area contributed by atoms with E-state index in [4.69, 9.17) is 0 Å². The van der Waals surface area contributed by atoms with Gasteiger partial charge in [0.25, 0.3) is 5.69 Å². The van der Waals surface area contributed by atoms with Crippen molar-refractivity contribution >= 4 is 35.1 Å². The molecule has 94 valence electrons. The fourth-order valence-electron chi connectivity index (χ4n) is 1.95. The molecule has 0 fully saturated rings. The zero-order valence-corrected chi connectivity index (χ0v) is 10.4. The molecule has 6 heteroatoms. The van der Waals surface area contributed by atoms with Gasteiger partial charge in [-0.15, -0.1) is 0 Å². The number of carbonyl (C=O) groups is 1. The Morgan fingerprint density at radius 1 is 1.21 bits per heavy atom. The molecule has 0 unspecified atom stereocenters. The monoisotopic (exact) mass is 272 g/mol. The van der Waals surface area contributed by atoms with Gasteiger partial charge in [-0.25, -0.2) is 0 Å². The Morgan fingerprint density at radius 2 is 2.00 bits per heavy atom. The highest BCUT2D eigenvalue weighted by molar-refractivity contribution is 7.99. The van der Waals surface area contributed by atoms with Gasteiger partial charge in [0.15, 0.2) is 0 Å². The first-order chi connectivity index (χ1) is 9.19. The van der Waals surface area contributed by atoms with E-state index >= 15 is 0 Å². The molecule has 2 aromatic rings. The highest BCUT2D eigenvalue weighted by atomic mass is 32.2. The average Bonchev–Trinajstić information content (AvgIpc) is 2.43. The molecular formula is C13H8N2O3S. The highest BCUT2D eigenvalue weighted by Crippen LogP contribution is 2.47. The van der Waals surface area contributed by atoms with Crippen LogP contribution < -0.4 is 5.32 Å². The Hall–Kier alpha value is -2.34. The van der Waals surface area contributed by atoms with Gasteiger partial charge in [-0.1, -0.05) is 23.9 Å². The minimum atomic E-state index is -0.479. The van der Waals surface area contributed by atoms with Crippen LogP contribution in [0, 0.1) is 10.1 Å². The summed E-state index contributed by atoms with van der Waals surface area (Å²) in [5.74, 6) is 0. The molecule has 0 radical (unpaired) electrons. The van der Waals surface area contributed by atoms with Gasteiger partial charge in [0, 0.05) is 21.4 Å². The molecule has 1 N–H and O–H groups in total. The van der Waals surface area contributed by atoms with Crippen molar-refractivity contribution < 1.29 is 9.72 Å². The maximum atomic E-state index is 11.1. The van der Waals surface area contributed by atoms with Crippen LogP contribution in [-0.4, -0.2) is 11.2 Å². The SMILES string of the molecule is O=Cc1cc2c(c([N+](=O)[O-])c1)Nc1ccccc1S2. The third-order valence-electron chi connectivity index (χ3n) is 2.80. The number of rotatable bonds is 2. The van der Waals surface area contributed by atoms with E-state index in [9.17, 15) is 14.9 Å². The molecular weight excluding hydrogens is 264 g/mol. The minimum absolute atomic E-state index is 0.0818. The van der Waals surface area contributed by atoms with E-state index in [-0.39, 0.29) is 5.69 Å². The zero-order chi connectivity index (χ0) is 13.4. The van der Waals surface area contributed by atoms with Gasteiger partial charge in [0.2, 0.25) is 0 Å². The lowest BCUT2D eigenvalue weighted by molar-refractivity contribution is -0.384. The van der Waals surface area contributed by atoms with Crippen LogP contribution in [0.2, 0.25) is 0 Å². The number of para-hydroxylation sites is 1. The van der Waals surface area contributed by atoms with Gasteiger partial charge in [0.05, 0.1) is 10.6 Å². The Kier molecular flexibility index (Phi) is 2.72. The van der Waals surface area contributed by atoms with Crippen molar-refractivity contribution in [3.8, 4) is 0 Å². The second-order valence-electron chi connectivity index (χ2n) is 4.01. The van der Waals surface area contributed by atoms with Gasteiger partial charge in [-0.05, 0) is 18.2 Å². The second-order valence-corrected chi connectivity index (χ2v) is 5.10. The number of anilines is 2. The van der Waals surface area contributed by atoms with E-state index in [1.165, 1.54) is 17.8 Å². The molecule has 0 saturated carbocycles. The molecule has 0 atom stereocenters. The number of nitro groups is 1. The van der Waals surface area contributed by atoms with Crippen molar-refractivity contribution in [1.82, 2.24) is 0 Å². The Bertz CT molecular complexity index is 700. The van der Waals surface area contributed by atoms with Gasteiger partial charge >= 0.3 is 0 Å². The van der Waals surface area contributed by atoms with E-state index in [1.54, 1.807) is 6.07 Å². The van der Waals surface area contributed by atoms with Crippen LogP contribution in [0.1, 0.15) is 10.4 Å².